The molecular formula is C10H13N5. The number of anilines is 1. The van der Waals surface area contributed by atoms with E-state index < -0.39 is 0 Å². The molecule has 0 bridgehead atoms. The highest BCUT2D eigenvalue weighted by Gasteiger charge is 2.09. The smallest absolute Gasteiger partial charge is 0.165 e. The predicted molar refractivity (Wildman–Crippen MR) is 58.1 cm³/mol. The molecule has 2 rings (SSSR count). The van der Waals surface area contributed by atoms with Gasteiger partial charge in [0, 0.05) is 24.5 Å². The third kappa shape index (κ3) is 1.68. The van der Waals surface area contributed by atoms with Crippen molar-refractivity contribution in [1.29, 1.82) is 0 Å². The van der Waals surface area contributed by atoms with Gasteiger partial charge in [-0.1, -0.05) is 0 Å². The van der Waals surface area contributed by atoms with Crippen molar-refractivity contribution in [2.24, 2.45) is 0 Å². The highest BCUT2D eigenvalue weighted by molar-refractivity contribution is 5.59. The number of hydrogen-bond acceptors (Lipinski definition) is 4. The van der Waals surface area contributed by atoms with Gasteiger partial charge in [-0.05, 0) is 19.9 Å². The number of nitrogens with two attached hydrogens (primary N) is 1. The Morgan fingerprint density at radius 1 is 1.33 bits per heavy atom. The third-order valence-electron chi connectivity index (χ3n) is 2.27. The second-order valence-corrected chi connectivity index (χ2v) is 3.32. The molecule has 5 nitrogen and oxygen atoms in total. The van der Waals surface area contributed by atoms with Crippen LogP contribution in [0, 0.1) is 6.92 Å². The van der Waals surface area contributed by atoms with Gasteiger partial charge in [0.2, 0.25) is 0 Å². The zero-order chi connectivity index (χ0) is 10.8. The van der Waals surface area contributed by atoms with Gasteiger partial charge in [-0.3, -0.25) is 4.98 Å². The topological polar surface area (TPSA) is 69.6 Å². The molecule has 78 valence electrons. The van der Waals surface area contributed by atoms with Crippen LogP contribution >= 0.6 is 0 Å². The Morgan fingerprint density at radius 2 is 2.13 bits per heavy atom. The molecule has 0 atom stereocenters. The first-order valence-corrected chi connectivity index (χ1v) is 4.83. The van der Waals surface area contributed by atoms with Crippen LogP contribution in [-0.4, -0.2) is 19.7 Å². The summed E-state index contributed by atoms with van der Waals surface area (Å²) in [7, 11) is 0. The number of aromatic nitrogens is 4. The molecule has 0 aromatic carbocycles. The number of nitrogens with zero attached hydrogens (tertiary/aromatic N) is 4. The van der Waals surface area contributed by atoms with Crippen LogP contribution in [0.2, 0.25) is 0 Å². The van der Waals surface area contributed by atoms with E-state index in [0.29, 0.717) is 5.69 Å². The van der Waals surface area contributed by atoms with Crippen LogP contribution in [0.5, 0.6) is 0 Å². The zero-order valence-corrected chi connectivity index (χ0v) is 8.81. The third-order valence-corrected chi connectivity index (χ3v) is 2.27. The Balaban J connectivity index is 2.54. The highest BCUT2D eigenvalue weighted by Crippen LogP contribution is 2.18. The van der Waals surface area contributed by atoms with Crippen LogP contribution in [-0.2, 0) is 6.54 Å². The minimum Gasteiger partial charge on any atom is -0.397 e. The summed E-state index contributed by atoms with van der Waals surface area (Å²) in [5.74, 6) is 1.71. The van der Waals surface area contributed by atoms with Crippen LogP contribution < -0.4 is 5.73 Å². The van der Waals surface area contributed by atoms with Crippen molar-refractivity contribution < 1.29 is 0 Å². The van der Waals surface area contributed by atoms with E-state index in [1.807, 2.05) is 17.6 Å². The van der Waals surface area contributed by atoms with Gasteiger partial charge >= 0.3 is 0 Å². The fourth-order valence-electron chi connectivity index (χ4n) is 1.55. The second-order valence-electron chi connectivity index (χ2n) is 3.32. The summed E-state index contributed by atoms with van der Waals surface area (Å²) in [6.07, 6.45) is 3.36. The maximum atomic E-state index is 5.67. The molecule has 0 fully saturated rings. The highest BCUT2D eigenvalue weighted by atomic mass is 15.3. The molecule has 15 heavy (non-hydrogen) atoms. The summed E-state index contributed by atoms with van der Waals surface area (Å²) < 4.78 is 2.02. The molecule has 2 heterocycles. The van der Waals surface area contributed by atoms with Gasteiger partial charge in [-0.15, -0.1) is 10.2 Å². The normalized spacial score (nSPS) is 10.5. The number of aryl methyl sites for hydroxylation is 1. The predicted octanol–water partition coefficient (Wildman–Crippen LogP) is 1.25. The van der Waals surface area contributed by atoms with Crippen molar-refractivity contribution >= 4 is 5.69 Å². The molecule has 0 aliphatic rings. The molecular weight excluding hydrogens is 190 g/mol. The van der Waals surface area contributed by atoms with Crippen molar-refractivity contribution in [2.45, 2.75) is 20.4 Å². The largest absolute Gasteiger partial charge is 0.397 e. The van der Waals surface area contributed by atoms with Crippen LogP contribution in [0.25, 0.3) is 11.4 Å². The van der Waals surface area contributed by atoms with Gasteiger partial charge < -0.3 is 10.3 Å². The average molecular weight is 203 g/mol. The van der Waals surface area contributed by atoms with E-state index >= 15 is 0 Å². The van der Waals surface area contributed by atoms with Gasteiger partial charge in [-0.2, -0.15) is 0 Å². The Labute approximate surface area is 88.0 Å². The number of rotatable bonds is 2. The SMILES string of the molecule is CCn1c(C)nnc1-c1cncc(N)c1. The molecule has 0 aliphatic carbocycles. The van der Waals surface area contributed by atoms with Crippen molar-refractivity contribution in [3.05, 3.63) is 24.3 Å². The number of pyridine rings is 1. The zero-order valence-electron chi connectivity index (χ0n) is 8.81. The quantitative estimate of drug-likeness (QED) is 0.797. The van der Waals surface area contributed by atoms with Crippen LogP contribution in [0.1, 0.15) is 12.7 Å². The Morgan fingerprint density at radius 3 is 2.80 bits per heavy atom. The Kier molecular flexibility index (Phi) is 2.37. The van der Waals surface area contributed by atoms with Gasteiger partial charge in [-0.25, -0.2) is 0 Å². The first-order valence-electron chi connectivity index (χ1n) is 4.83. The average Bonchev–Trinajstić information content (AvgIpc) is 2.59. The minimum atomic E-state index is 0.635. The Bertz CT molecular complexity index is 474. The van der Waals surface area contributed by atoms with Crippen LogP contribution in [0.15, 0.2) is 18.5 Å². The summed E-state index contributed by atoms with van der Waals surface area (Å²) in [4.78, 5) is 4.04. The summed E-state index contributed by atoms with van der Waals surface area (Å²) in [6, 6.07) is 1.85. The van der Waals surface area contributed by atoms with Gasteiger partial charge in [0.15, 0.2) is 5.82 Å². The van der Waals surface area contributed by atoms with Gasteiger partial charge in [0.1, 0.15) is 5.82 Å². The first-order chi connectivity index (χ1) is 7.22. The molecule has 0 radical (unpaired) electrons. The monoisotopic (exact) mass is 203 g/mol. The minimum absolute atomic E-state index is 0.635. The summed E-state index contributed by atoms with van der Waals surface area (Å²) >= 11 is 0. The first kappa shape index (κ1) is 9.64. The summed E-state index contributed by atoms with van der Waals surface area (Å²) in [5, 5.41) is 8.15. The van der Waals surface area contributed by atoms with E-state index in [4.69, 9.17) is 5.73 Å². The fraction of sp³-hybridized carbons (Fsp3) is 0.300. The van der Waals surface area contributed by atoms with E-state index in [9.17, 15) is 0 Å². The summed E-state index contributed by atoms with van der Waals surface area (Å²) in [6.45, 7) is 4.82. The molecule has 5 heteroatoms. The standard InChI is InChI=1S/C10H13N5/c1-3-15-7(2)13-14-10(15)8-4-9(11)6-12-5-8/h4-6H,3,11H2,1-2H3. The number of nitrogen functional groups attached to an aromatic ring is 1. The molecule has 0 unspecified atom stereocenters. The molecule has 0 aliphatic heterocycles. The molecule has 2 aromatic heterocycles. The molecule has 0 saturated heterocycles. The van der Waals surface area contributed by atoms with Gasteiger partial charge in [0.25, 0.3) is 0 Å². The van der Waals surface area contributed by atoms with E-state index in [2.05, 4.69) is 22.1 Å². The Hall–Kier alpha value is -1.91. The van der Waals surface area contributed by atoms with Crippen molar-refractivity contribution in [3.63, 3.8) is 0 Å². The summed E-state index contributed by atoms with van der Waals surface area (Å²) in [5.41, 5.74) is 7.21. The fourth-order valence-corrected chi connectivity index (χ4v) is 1.55. The molecule has 0 spiro atoms. The lowest BCUT2D eigenvalue weighted by atomic mass is 10.2. The second kappa shape index (κ2) is 3.68. The van der Waals surface area contributed by atoms with Gasteiger partial charge in [0.05, 0.1) is 5.69 Å². The molecule has 2 N–H and O–H groups in total. The molecule has 0 saturated carbocycles. The van der Waals surface area contributed by atoms with Crippen LogP contribution in [0.4, 0.5) is 5.69 Å². The lowest BCUT2D eigenvalue weighted by Gasteiger charge is -2.04. The number of hydrogen-bond donors (Lipinski definition) is 1. The van der Waals surface area contributed by atoms with E-state index in [0.717, 1.165) is 23.8 Å². The van der Waals surface area contributed by atoms with E-state index in [-0.39, 0.29) is 0 Å². The van der Waals surface area contributed by atoms with Crippen molar-refractivity contribution in [1.82, 2.24) is 19.7 Å². The molecule has 0 amide bonds. The lowest BCUT2D eigenvalue weighted by Crippen LogP contribution is -2.00. The van der Waals surface area contributed by atoms with Crippen molar-refractivity contribution in [2.75, 3.05) is 5.73 Å². The van der Waals surface area contributed by atoms with Crippen LogP contribution in [0.3, 0.4) is 0 Å². The lowest BCUT2D eigenvalue weighted by molar-refractivity contribution is 0.736. The van der Waals surface area contributed by atoms with E-state index in [1.54, 1.807) is 12.4 Å². The maximum Gasteiger partial charge on any atom is 0.165 e. The maximum absolute atomic E-state index is 5.67. The molecule has 2 aromatic rings. The van der Waals surface area contributed by atoms with Crippen molar-refractivity contribution in [3.8, 4) is 11.4 Å². The van der Waals surface area contributed by atoms with E-state index in [1.165, 1.54) is 0 Å².